The number of carbonyl (C=O) groups excluding carboxylic acids is 8. The number of nitrogens with two attached hydrogens (primary N) is 4. The number of imidazole rings is 1. The summed E-state index contributed by atoms with van der Waals surface area (Å²) in [6.07, 6.45) is 2.36. The lowest BCUT2D eigenvalue weighted by atomic mass is 9.97. The second-order valence-electron chi connectivity index (χ2n) is 18.3. The van der Waals surface area contributed by atoms with Gasteiger partial charge in [0.15, 0.2) is 5.96 Å². The van der Waals surface area contributed by atoms with E-state index in [1.54, 1.807) is 44.3 Å². The van der Waals surface area contributed by atoms with E-state index in [1.807, 2.05) is 0 Å². The minimum Gasteiger partial charge on any atom is -0.508 e. The number of nitrogens with one attached hydrogen (secondary N) is 9. The van der Waals surface area contributed by atoms with Gasteiger partial charge in [-0.15, -0.1) is 0 Å². The Balaban J connectivity index is 1.56. The summed E-state index contributed by atoms with van der Waals surface area (Å²) in [6, 6.07) is 0.615. The third-order valence-electron chi connectivity index (χ3n) is 12.2. The average Bonchev–Trinajstić information content (AvgIpc) is 4.05. The smallest absolute Gasteiger partial charge is 0.326 e. The Bertz CT molecular complexity index is 2750. The standard InChI is InChI=1S/C49H67N15O13/c1-4-24(2)40(64-42(70)31(50)19-39(67)68)47(75)62-35(18-28-22-54-23-57-28)45(73)61-36(20-38(51)66)46(74)60-34(16-26-11-13-29(65)14-12-26)44(72)58-25(3)41(69)59-33(10-7-15-55-49(52)53)43(71)63-37(48(76)77)17-27-21-56-32-9-6-5-8-30(27)32/h5-6,8-9,11-14,21-25,31,33-37,40,56,65H,4,7,10,15-20,50H2,1-3H3,(H2,51,66)(H,54,57)(H,58,72)(H,59,69)(H,60,74)(H,61,73)(H,62,75)(H,63,71)(H,64,70)(H,67,68)(H,76,77)(H4,52,53,55)/t24-,25-,31-,33-,34-,35-,36-,37-,40-/m0/s1. The molecule has 2 aromatic heterocycles. The fraction of sp³-hybridized carbons (Fsp3) is 0.429. The van der Waals surface area contributed by atoms with Crippen LogP contribution in [0.1, 0.15) is 69.7 Å². The number of fused-ring (bicyclic) bond motifs is 1. The van der Waals surface area contributed by atoms with Crippen molar-refractivity contribution in [3.63, 3.8) is 0 Å². The highest BCUT2D eigenvalue weighted by Gasteiger charge is 2.36. The first-order valence-electron chi connectivity index (χ1n) is 24.4. The molecule has 0 aliphatic rings. The van der Waals surface area contributed by atoms with Crippen molar-refractivity contribution in [1.29, 1.82) is 0 Å². The van der Waals surface area contributed by atoms with Crippen molar-refractivity contribution >= 4 is 76.1 Å². The van der Waals surface area contributed by atoms with E-state index in [0.717, 1.165) is 10.9 Å². The van der Waals surface area contributed by atoms with Crippen LogP contribution in [0.25, 0.3) is 10.9 Å². The van der Waals surface area contributed by atoms with E-state index in [-0.39, 0.29) is 50.4 Å². The number of phenolic OH excluding ortho intramolecular Hbond substituents is 1. The van der Waals surface area contributed by atoms with Gasteiger partial charge in [-0.2, -0.15) is 0 Å². The molecule has 77 heavy (non-hydrogen) atoms. The maximum Gasteiger partial charge on any atom is 0.326 e. The topological polar surface area (TPSA) is 477 Å². The first-order valence-corrected chi connectivity index (χ1v) is 24.4. The summed E-state index contributed by atoms with van der Waals surface area (Å²) in [5.41, 5.74) is 24.2. The van der Waals surface area contributed by atoms with Crippen LogP contribution >= 0.6 is 0 Å². The minimum atomic E-state index is -1.81. The summed E-state index contributed by atoms with van der Waals surface area (Å²) < 4.78 is 0. The molecule has 8 amide bonds. The van der Waals surface area contributed by atoms with Gasteiger partial charge in [0.2, 0.25) is 47.3 Å². The molecule has 2 heterocycles. The molecule has 0 fully saturated rings. The molecule has 0 saturated heterocycles. The molecule has 0 unspecified atom stereocenters. The number of phenols is 1. The maximum absolute atomic E-state index is 14.2. The van der Waals surface area contributed by atoms with E-state index >= 15 is 0 Å². The van der Waals surface area contributed by atoms with Crippen LogP contribution < -0.4 is 60.2 Å². The summed E-state index contributed by atoms with van der Waals surface area (Å²) >= 11 is 0. The zero-order chi connectivity index (χ0) is 56.9. The highest BCUT2D eigenvalue weighted by Crippen LogP contribution is 2.20. The van der Waals surface area contributed by atoms with Gasteiger partial charge in [-0.3, -0.25) is 48.1 Å². The maximum atomic E-state index is 14.2. The molecule has 4 rings (SSSR count). The van der Waals surface area contributed by atoms with Gasteiger partial charge in [-0.05, 0) is 55.0 Å². The number of para-hydroxylation sites is 1. The highest BCUT2D eigenvalue weighted by atomic mass is 16.4. The molecule has 28 heteroatoms. The number of primary amides is 1. The number of rotatable bonds is 31. The summed E-state index contributed by atoms with van der Waals surface area (Å²) in [5, 5.41) is 47.4. The van der Waals surface area contributed by atoms with Crippen LogP contribution in [-0.2, 0) is 67.2 Å². The molecule has 0 radical (unpaired) electrons. The molecule has 0 spiro atoms. The van der Waals surface area contributed by atoms with Crippen LogP contribution in [0.2, 0.25) is 0 Å². The van der Waals surface area contributed by atoms with Gasteiger partial charge in [0.25, 0.3) is 0 Å². The van der Waals surface area contributed by atoms with Gasteiger partial charge in [-0.1, -0.05) is 50.6 Å². The highest BCUT2D eigenvalue weighted by molar-refractivity contribution is 5.99. The fourth-order valence-corrected chi connectivity index (χ4v) is 7.80. The van der Waals surface area contributed by atoms with Crippen molar-refractivity contribution in [2.75, 3.05) is 6.54 Å². The number of hydrogen-bond donors (Lipinski definition) is 16. The molecule has 28 nitrogen and oxygen atoms in total. The van der Waals surface area contributed by atoms with Gasteiger partial charge >= 0.3 is 11.9 Å². The average molecular weight is 1070 g/mol. The number of aromatic hydroxyl groups is 1. The number of nitrogens with zero attached hydrogens (tertiary/aromatic N) is 2. The zero-order valence-electron chi connectivity index (χ0n) is 42.5. The largest absolute Gasteiger partial charge is 0.508 e. The fourth-order valence-electron chi connectivity index (χ4n) is 7.80. The van der Waals surface area contributed by atoms with Gasteiger partial charge in [0, 0.05) is 54.8 Å². The molecule has 20 N–H and O–H groups in total. The van der Waals surface area contributed by atoms with Crippen LogP contribution in [0.15, 0.2) is 72.2 Å². The van der Waals surface area contributed by atoms with E-state index in [9.17, 15) is 58.2 Å². The van der Waals surface area contributed by atoms with Crippen molar-refractivity contribution < 1.29 is 63.3 Å². The van der Waals surface area contributed by atoms with Crippen LogP contribution in [0.5, 0.6) is 5.75 Å². The first-order chi connectivity index (χ1) is 36.4. The lowest BCUT2D eigenvalue weighted by molar-refractivity contribution is -0.142. The molecule has 416 valence electrons. The number of hydrogen-bond acceptors (Lipinski definition) is 14. The Morgan fingerprint density at radius 2 is 1.26 bits per heavy atom. The minimum absolute atomic E-state index is 0.0346. The van der Waals surface area contributed by atoms with E-state index in [4.69, 9.17) is 28.0 Å². The number of benzene rings is 2. The van der Waals surface area contributed by atoms with Crippen LogP contribution in [0.4, 0.5) is 0 Å². The quantitative estimate of drug-likeness (QED) is 0.0135. The molecule has 0 bridgehead atoms. The number of amides is 8. The number of guanidine groups is 1. The Morgan fingerprint density at radius 3 is 1.88 bits per heavy atom. The second kappa shape index (κ2) is 29.1. The predicted octanol–water partition coefficient (Wildman–Crippen LogP) is -3.10. The third kappa shape index (κ3) is 19.3. The van der Waals surface area contributed by atoms with Crippen molar-refractivity contribution in [3.8, 4) is 5.75 Å². The summed E-state index contributed by atoms with van der Waals surface area (Å²) in [4.78, 5) is 147. The number of aromatic nitrogens is 3. The molecule has 0 aliphatic carbocycles. The SMILES string of the molecule is CC[C@H](C)[C@H](NC(=O)[C@@H](N)CC(=O)O)C(=O)N[C@@H](Cc1cnc[nH]1)C(=O)N[C@@H](CC(N)=O)C(=O)N[C@@H](Cc1ccc(O)cc1)C(=O)N[C@@H](C)C(=O)N[C@@H](CCCN=C(N)N)C(=O)N[C@@H](Cc1c[nH]c2ccccc12)C(=O)O. The first kappa shape index (κ1) is 60.5. The lowest BCUT2D eigenvalue weighted by Crippen LogP contribution is -2.61. The van der Waals surface area contributed by atoms with Crippen molar-refractivity contribution in [1.82, 2.24) is 52.2 Å². The van der Waals surface area contributed by atoms with E-state index < -0.39 is 126 Å². The van der Waals surface area contributed by atoms with E-state index in [2.05, 4.69) is 57.2 Å². The molecular weight excluding hydrogens is 1010 g/mol. The number of aromatic amines is 2. The summed E-state index contributed by atoms with van der Waals surface area (Å²) in [6.45, 7) is 4.63. The normalized spacial score (nSPS) is 14.5. The van der Waals surface area contributed by atoms with Gasteiger partial charge in [-0.25, -0.2) is 9.78 Å². The van der Waals surface area contributed by atoms with Crippen molar-refractivity contribution in [2.24, 2.45) is 33.8 Å². The van der Waals surface area contributed by atoms with Gasteiger partial charge in [0.05, 0.1) is 25.2 Å². The summed E-state index contributed by atoms with van der Waals surface area (Å²) in [7, 11) is 0. The Labute approximate surface area is 441 Å². The number of aliphatic imine (C=N–C) groups is 1. The van der Waals surface area contributed by atoms with Crippen LogP contribution in [-0.4, -0.2) is 150 Å². The number of H-pyrrole nitrogens is 2. The number of carboxylic acids is 2. The van der Waals surface area contributed by atoms with E-state index in [0.29, 0.717) is 23.2 Å². The van der Waals surface area contributed by atoms with Crippen molar-refractivity contribution in [2.45, 2.75) is 120 Å². The molecule has 9 atom stereocenters. The zero-order valence-corrected chi connectivity index (χ0v) is 42.5. The van der Waals surface area contributed by atoms with E-state index in [1.165, 1.54) is 43.7 Å². The third-order valence-corrected chi connectivity index (χ3v) is 12.2. The lowest BCUT2D eigenvalue weighted by Gasteiger charge is -2.28. The molecule has 0 saturated carbocycles. The molecule has 2 aromatic carbocycles. The van der Waals surface area contributed by atoms with Gasteiger partial charge < -0.3 is 85.4 Å². The number of carboxylic acid groups (broad SMARTS) is 2. The second-order valence-corrected chi connectivity index (χ2v) is 18.3. The monoisotopic (exact) mass is 1070 g/mol. The Hall–Kier alpha value is -9.08. The van der Waals surface area contributed by atoms with Crippen LogP contribution in [0.3, 0.4) is 0 Å². The number of aliphatic carboxylic acids is 2. The Morgan fingerprint density at radius 1 is 0.662 bits per heavy atom. The predicted molar refractivity (Wildman–Crippen MR) is 276 cm³/mol. The molecule has 0 aliphatic heterocycles. The van der Waals surface area contributed by atoms with Crippen LogP contribution in [0, 0.1) is 5.92 Å². The van der Waals surface area contributed by atoms with Gasteiger partial charge in [0.1, 0.15) is 48.0 Å². The van der Waals surface area contributed by atoms with Crippen molar-refractivity contribution in [3.05, 3.63) is 84.1 Å². The molecular formula is C49H67N15O13. The Kier molecular flexibility index (Phi) is 22.9. The summed E-state index contributed by atoms with van der Waals surface area (Å²) in [5.74, 6) is -11.5. The number of carbonyl (C=O) groups is 10. The molecule has 4 aromatic rings.